The van der Waals surface area contributed by atoms with Gasteiger partial charge in [0.05, 0.1) is 11.4 Å². The third-order valence-electron chi connectivity index (χ3n) is 4.20. The van der Waals surface area contributed by atoms with Gasteiger partial charge in [0, 0.05) is 32.4 Å². The second-order valence-corrected chi connectivity index (χ2v) is 5.57. The predicted octanol–water partition coefficient (Wildman–Crippen LogP) is 4.03. The van der Waals surface area contributed by atoms with Crippen molar-refractivity contribution in [2.75, 3.05) is 13.6 Å². The molecule has 1 atom stereocenters. The van der Waals surface area contributed by atoms with Crippen LogP contribution in [-0.4, -0.2) is 35.2 Å². The van der Waals surface area contributed by atoms with Crippen LogP contribution in [0.4, 0.5) is 0 Å². The van der Waals surface area contributed by atoms with E-state index in [-0.39, 0.29) is 0 Å². The maximum atomic E-state index is 4.54. The molecule has 0 aliphatic carbocycles. The minimum atomic E-state index is 0.507. The van der Waals surface area contributed by atoms with Crippen LogP contribution in [-0.2, 0) is 6.54 Å². The highest BCUT2D eigenvalue weighted by Gasteiger charge is 2.17. The molecule has 0 radical (unpaired) electrons. The highest BCUT2D eigenvalue weighted by molar-refractivity contribution is 6.01. The summed E-state index contributed by atoms with van der Waals surface area (Å²) in [5.41, 5.74) is 4.82. The standard InChI is InChI=1S/C18H29N3/c1-7-14(3)17(19-6)12-21(16(5)8-2)13-18-15(4)10-9-11-20-18/h7,9-11,16H,8,12-13H2,1-6H3/b14-7-,19-17-. The van der Waals surface area contributed by atoms with E-state index >= 15 is 0 Å². The quantitative estimate of drug-likeness (QED) is 0.708. The van der Waals surface area contributed by atoms with E-state index in [1.165, 1.54) is 11.1 Å². The van der Waals surface area contributed by atoms with Crippen molar-refractivity contribution in [3.8, 4) is 0 Å². The molecule has 0 amide bonds. The average molecular weight is 287 g/mol. The fourth-order valence-electron chi connectivity index (χ4n) is 2.23. The summed E-state index contributed by atoms with van der Waals surface area (Å²) < 4.78 is 0. The van der Waals surface area contributed by atoms with Crippen LogP contribution in [0.1, 0.15) is 45.4 Å². The maximum absolute atomic E-state index is 4.54. The third-order valence-corrected chi connectivity index (χ3v) is 4.20. The van der Waals surface area contributed by atoms with Gasteiger partial charge >= 0.3 is 0 Å². The summed E-state index contributed by atoms with van der Waals surface area (Å²) in [6.45, 7) is 12.6. The molecular formula is C18H29N3. The topological polar surface area (TPSA) is 28.5 Å². The Morgan fingerprint density at radius 2 is 2.19 bits per heavy atom. The number of rotatable bonds is 7. The molecule has 0 fully saturated rings. The minimum absolute atomic E-state index is 0.507. The SMILES string of the molecule is C/C=C(C)\C(CN(Cc1ncccc1C)C(C)CC)=N/C. The van der Waals surface area contributed by atoms with E-state index in [0.717, 1.165) is 30.9 Å². The zero-order chi connectivity index (χ0) is 15.8. The molecule has 116 valence electrons. The van der Waals surface area contributed by atoms with Crippen molar-refractivity contribution in [2.24, 2.45) is 4.99 Å². The normalized spacial score (nSPS) is 14.6. The van der Waals surface area contributed by atoms with Crippen molar-refractivity contribution < 1.29 is 0 Å². The number of aromatic nitrogens is 1. The largest absolute Gasteiger partial charge is 0.291 e. The second kappa shape index (κ2) is 8.73. The lowest BCUT2D eigenvalue weighted by Crippen LogP contribution is -2.37. The molecular weight excluding hydrogens is 258 g/mol. The summed E-state index contributed by atoms with van der Waals surface area (Å²) in [4.78, 5) is 11.5. The lowest BCUT2D eigenvalue weighted by molar-refractivity contribution is 0.221. The van der Waals surface area contributed by atoms with Gasteiger partial charge in [-0.25, -0.2) is 0 Å². The van der Waals surface area contributed by atoms with Gasteiger partial charge in [-0.2, -0.15) is 0 Å². The number of nitrogens with zero attached hydrogens (tertiary/aromatic N) is 3. The van der Waals surface area contributed by atoms with Crippen LogP contribution in [0.25, 0.3) is 0 Å². The molecule has 0 saturated carbocycles. The first-order valence-electron chi connectivity index (χ1n) is 7.76. The van der Waals surface area contributed by atoms with Crippen molar-refractivity contribution in [3.63, 3.8) is 0 Å². The summed E-state index contributed by atoms with van der Waals surface area (Å²) >= 11 is 0. The monoisotopic (exact) mass is 287 g/mol. The molecule has 1 rings (SSSR count). The maximum Gasteiger partial charge on any atom is 0.0573 e. The number of hydrogen-bond acceptors (Lipinski definition) is 3. The van der Waals surface area contributed by atoms with Crippen LogP contribution in [0.3, 0.4) is 0 Å². The predicted molar refractivity (Wildman–Crippen MR) is 91.9 cm³/mol. The summed E-state index contributed by atoms with van der Waals surface area (Å²) in [5.74, 6) is 0. The Hall–Kier alpha value is -1.48. The number of aliphatic imine (C=N–C) groups is 1. The second-order valence-electron chi connectivity index (χ2n) is 5.57. The summed E-state index contributed by atoms with van der Waals surface area (Å²) in [6.07, 6.45) is 5.13. The third kappa shape index (κ3) is 5.09. The Morgan fingerprint density at radius 1 is 1.48 bits per heavy atom. The molecule has 1 aromatic heterocycles. The van der Waals surface area contributed by atoms with E-state index in [4.69, 9.17) is 0 Å². The fourth-order valence-corrected chi connectivity index (χ4v) is 2.23. The van der Waals surface area contributed by atoms with Gasteiger partial charge < -0.3 is 0 Å². The zero-order valence-electron chi connectivity index (χ0n) is 14.3. The Morgan fingerprint density at radius 3 is 2.71 bits per heavy atom. The first-order valence-corrected chi connectivity index (χ1v) is 7.76. The highest BCUT2D eigenvalue weighted by atomic mass is 15.2. The minimum Gasteiger partial charge on any atom is -0.291 e. The van der Waals surface area contributed by atoms with Crippen molar-refractivity contribution in [1.29, 1.82) is 0 Å². The first-order chi connectivity index (χ1) is 10.0. The molecule has 0 aromatic carbocycles. The Balaban J connectivity index is 2.94. The van der Waals surface area contributed by atoms with E-state index in [9.17, 15) is 0 Å². The molecule has 0 spiro atoms. The molecule has 0 aliphatic heterocycles. The molecule has 1 unspecified atom stereocenters. The van der Waals surface area contributed by atoms with Gasteiger partial charge in [-0.05, 0) is 51.3 Å². The number of pyridine rings is 1. The molecule has 0 bridgehead atoms. The summed E-state index contributed by atoms with van der Waals surface area (Å²) in [6, 6.07) is 4.63. The van der Waals surface area contributed by atoms with Crippen LogP contribution >= 0.6 is 0 Å². The molecule has 0 saturated heterocycles. The highest BCUT2D eigenvalue weighted by Crippen LogP contribution is 2.13. The lowest BCUT2D eigenvalue weighted by atomic mass is 10.1. The van der Waals surface area contributed by atoms with Crippen molar-refractivity contribution in [2.45, 2.75) is 53.6 Å². The molecule has 3 nitrogen and oxygen atoms in total. The van der Waals surface area contributed by atoms with Gasteiger partial charge in [0.15, 0.2) is 0 Å². The Bertz CT molecular complexity index is 503. The van der Waals surface area contributed by atoms with Crippen molar-refractivity contribution in [3.05, 3.63) is 41.2 Å². The van der Waals surface area contributed by atoms with E-state index in [1.54, 1.807) is 0 Å². The van der Waals surface area contributed by atoms with Crippen molar-refractivity contribution >= 4 is 5.71 Å². The van der Waals surface area contributed by atoms with E-state index in [1.807, 2.05) is 19.3 Å². The fraction of sp³-hybridized carbons (Fsp3) is 0.556. The van der Waals surface area contributed by atoms with E-state index < -0.39 is 0 Å². The van der Waals surface area contributed by atoms with E-state index in [0.29, 0.717) is 6.04 Å². The first kappa shape index (κ1) is 17.6. The average Bonchev–Trinajstić information content (AvgIpc) is 2.51. The molecule has 3 heteroatoms. The molecule has 0 N–H and O–H groups in total. The Labute approximate surface area is 129 Å². The summed E-state index contributed by atoms with van der Waals surface area (Å²) in [5, 5.41) is 0. The van der Waals surface area contributed by atoms with Gasteiger partial charge in [-0.15, -0.1) is 0 Å². The van der Waals surface area contributed by atoms with Gasteiger partial charge in [-0.3, -0.25) is 14.9 Å². The van der Waals surface area contributed by atoms with Gasteiger partial charge in [-0.1, -0.05) is 19.1 Å². The number of hydrogen-bond donors (Lipinski definition) is 0. The van der Waals surface area contributed by atoms with Crippen LogP contribution in [0.5, 0.6) is 0 Å². The molecule has 1 aromatic rings. The van der Waals surface area contributed by atoms with Gasteiger partial charge in [0.2, 0.25) is 0 Å². The smallest absolute Gasteiger partial charge is 0.0573 e. The number of allylic oxidation sites excluding steroid dienone is 1. The van der Waals surface area contributed by atoms with E-state index in [2.05, 4.69) is 61.6 Å². The van der Waals surface area contributed by atoms with Crippen LogP contribution in [0.15, 0.2) is 35.0 Å². The Kier molecular flexibility index (Phi) is 7.30. The van der Waals surface area contributed by atoms with Crippen LogP contribution < -0.4 is 0 Å². The van der Waals surface area contributed by atoms with Crippen LogP contribution in [0.2, 0.25) is 0 Å². The summed E-state index contributed by atoms with van der Waals surface area (Å²) in [7, 11) is 1.88. The molecule has 1 heterocycles. The van der Waals surface area contributed by atoms with Gasteiger partial charge in [0.1, 0.15) is 0 Å². The van der Waals surface area contributed by atoms with Gasteiger partial charge in [0.25, 0.3) is 0 Å². The lowest BCUT2D eigenvalue weighted by Gasteiger charge is -2.29. The molecule has 0 aliphatic rings. The van der Waals surface area contributed by atoms with Crippen molar-refractivity contribution in [1.82, 2.24) is 9.88 Å². The molecule has 21 heavy (non-hydrogen) atoms. The zero-order valence-corrected chi connectivity index (χ0v) is 14.3. The van der Waals surface area contributed by atoms with Crippen LogP contribution in [0, 0.1) is 6.92 Å². The number of aryl methyl sites for hydroxylation is 1.